The predicted octanol–water partition coefficient (Wildman–Crippen LogP) is 0.815. The van der Waals surface area contributed by atoms with Crippen molar-refractivity contribution in [2.75, 3.05) is 7.05 Å². The first kappa shape index (κ1) is 15.0. The predicted molar refractivity (Wildman–Crippen MR) is 69.5 cm³/mol. The first-order valence-electron chi connectivity index (χ1n) is 6.16. The van der Waals surface area contributed by atoms with Crippen molar-refractivity contribution in [3.63, 3.8) is 0 Å². The molecular weight excluding hydrogens is 248 g/mol. The molecule has 0 spiro atoms. The fraction of sp³-hybridized carbons (Fsp3) is 0.583. The highest BCUT2D eigenvalue weighted by Crippen LogP contribution is 2.02. The van der Waals surface area contributed by atoms with E-state index in [2.05, 4.69) is 10.3 Å². The number of carboxylic acids is 1. The van der Waals surface area contributed by atoms with Crippen LogP contribution in [0.2, 0.25) is 0 Å². The van der Waals surface area contributed by atoms with Gasteiger partial charge in [-0.25, -0.2) is 14.6 Å². The number of nitrogens with zero attached hydrogens (tertiary/aromatic N) is 3. The maximum absolute atomic E-state index is 11.9. The van der Waals surface area contributed by atoms with Gasteiger partial charge in [-0.1, -0.05) is 13.3 Å². The fourth-order valence-corrected chi connectivity index (χ4v) is 1.64. The summed E-state index contributed by atoms with van der Waals surface area (Å²) in [4.78, 5) is 28.4. The molecule has 1 heterocycles. The highest BCUT2D eigenvalue weighted by Gasteiger charge is 2.21. The number of nitrogens with one attached hydrogen (secondary N) is 1. The van der Waals surface area contributed by atoms with Gasteiger partial charge in [0.25, 0.3) is 0 Å². The van der Waals surface area contributed by atoms with Crippen molar-refractivity contribution in [3.8, 4) is 0 Å². The number of carbonyl (C=O) groups excluding carboxylic acids is 1. The number of hydrogen-bond acceptors (Lipinski definition) is 3. The Morgan fingerprint density at radius 2 is 2.26 bits per heavy atom. The zero-order valence-electron chi connectivity index (χ0n) is 11.5. The van der Waals surface area contributed by atoms with E-state index in [0.717, 1.165) is 5.82 Å². The molecule has 0 fully saturated rings. The van der Waals surface area contributed by atoms with Gasteiger partial charge < -0.3 is 19.9 Å². The maximum atomic E-state index is 11.9. The van der Waals surface area contributed by atoms with Gasteiger partial charge >= 0.3 is 12.0 Å². The molecule has 0 aliphatic carbocycles. The van der Waals surface area contributed by atoms with Crippen molar-refractivity contribution in [2.45, 2.75) is 32.4 Å². The summed E-state index contributed by atoms with van der Waals surface area (Å²) in [6, 6.07) is -1.26. The quantitative estimate of drug-likeness (QED) is 0.799. The van der Waals surface area contributed by atoms with E-state index >= 15 is 0 Å². The molecule has 7 nitrogen and oxygen atoms in total. The van der Waals surface area contributed by atoms with E-state index in [1.807, 2.05) is 18.5 Å². The third kappa shape index (κ3) is 4.27. The number of rotatable bonds is 6. The first-order valence-corrected chi connectivity index (χ1v) is 6.16. The first-order chi connectivity index (χ1) is 8.95. The van der Waals surface area contributed by atoms with Gasteiger partial charge in [-0.05, 0) is 6.42 Å². The van der Waals surface area contributed by atoms with Crippen LogP contribution in [0, 0.1) is 0 Å². The monoisotopic (exact) mass is 268 g/mol. The van der Waals surface area contributed by atoms with Crippen LogP contribution in [0.4, 0.5) is 4.79 Å². The lowest BCUT2D eigenvalue weighted by molar-refractivity contribution is -0.139. The summed E-state index contributed by atoms with van der Waals surface area (Å²) in [5.41, 5.74) is 0. The normalized spacial score (nSPS) is 11.9. The Bertz CT molecular complexity index is 444. The van der Waals surface area contributed by atoms with Crippen LogP contribution in [-0.2, 0) is 18.4 Å². The Labute approximate surface area is 112 Å². The minimum Gasteiger partial charge on any atom is -0.480 e. The number of amides is 2. The SMILES string of the molecule is CCC[C@@H](NC(=O)N(C)Cc1nccn1C)C(=O)O. The number of carbonyl (C=O) groups is 2. The molecule has 0 aliphatic rings. The van der Waals surface area contributed by atoms with Gasteiger partial charge in [0.2, 0.25) is 0 Å². The van der Waals surface area contributed by atoms with E-state index < -0.39 is 18.0 Å². The van der Waals surface area contributed by atoms with E-state index in [1.54, 1.807) is 19.4 Å². The summed E-state index contributed by atoms with van der Waals surface area (Å²) in [6.07, 6.45) is 4.55. The fourth-order valence-electron chi connectivity index (χ4n) is 1.64. The maximum Gasteiger partial charge on any atom is 0.326 e. The summed E-state index contributed by atoms with van der Waals surface area (Å²) in [5, 5.41) is 11.5. The number of imidazole rings is 1. The van der Waals surface area contributed by atoms with Gasteiger partial charge in [-0.2, -0.15) is 0 Å². The zero-order valence-corrected chi connectivity index (χ0v) is 11.5. The highest BCUT2D eigenvalue weighted by molar-refractivity contribution is 5.82. The smallest absolute Gasteiger partial charge is 0.326 e. The molecule has 1 atom stereocenters. The van der Waals surface area contributed by atoms with Crippen LogP contribution < -0.4 is 5.32 Å². The Morgan fingerprint density at radius 1 is 1.58 bits per heavy atom. The molecule has 0 unspecified atom stereocenters. The minimum atomic E-state index is -1.01. The summed E-state index contributed by atoms with van der Waals surface area (Å²) in [6.45, 7) is 2.20. The van der Waals surface area contributed by atoms with Gasteiger partial charge in [0.15, 0.2) is 0 Å². The standard InChI is InChI=1S/C12H20N4O3/c1-4-5-9(11(17)18)14-12(19)16(3)8-10-13-6-7-15(10)2/h6-7,9H,4-5,8H2,1-3H3,(H,14,19)(H,17,18)/t9-/m1/s1. The van der Waals surface area contributed by atoms with Crippen molar-refractivity contribution >= 4 is 12.0 Å². The molecule has 2 amide bonds. The Kier molecular flexibility index (Phi) is 5.35. The molecule has 0 saturated carbocycles. The second-order valence-electron chi connectivity index (χ2n) is 4.44. The number of aliphatic carboxylic acids is 1. The third-order valence-electron chi connectivity index (χ3n) is 2.82. The number of urea groups is 1. The van der Waals surface area contributed by atoms with E-state index in [-0.39, 0.29) is 0 Å². The van der Waals surface area contributed by atoms with Gasteiger partial charge in [0, 0.05) is 26.5 Å². The van der Waals surface area contributed by atoms with Crippen molar-refractivity contribution in [2.24, 2.45) is 7.05 Å². The van der Waals surface area contributed by atoms with Gasteiger partial charge in [0.1, 0.15) is 11.9 Å². The molecule has 7 heteroatoms. The summed E-state index contributed by atoms with van der Waals surface area (Å²) >= 11 is 0. The number of carboxylic acid groups (broad SMARTS) is 1. The number of aryl methyl sites for hydroxylation is 1. The topological polar surface area (TPSA) is 87.5 Å². The van der Waals surface area contributed by atoms with Gasteiger partial charge in [0.05, 0.1) is 6.54 Å². The molecule has 106 valence electrons. The third-order valence-corrected chi connectivity index (χ3v) is 2.82. The van der Waals surface area contributed by atoms with Crippen LogP contribution in [0.3, 0.4) is 0 Å². The van der Waals surface area contributed by atoms with Crippen molar-refractivity contribution in [1.29, 1.82) is 0 Å². The Balaban J connectivity index is 2.57. The zero-order chi connectivity index (χ0) is 14.4. The van der Waals surface area contributed by atoms with Crippen LogP contribution in [0.25, 0.3) is 0 Å². The van der Waals surface area contributed by atoms with Crippen LogP contribution >= 0.6 is 0 Å². The van der Waals surface area contributed by atoms with Crippen LogP contribution in [-0.4, -0.2) is 44.6 Å². The lowest BCUT2D eigenvalue weighted by atomic mass is 10.2. The number of aromatic nitrogens is 2. The van der Waals surface area contributed by atoms with Crippen molar-refractivity contribution in [1.82, 2.24) is 19.8 Å². The average Bonchev–Trinajstić information content (AvgIpc) is 2.74. The second-order valence-corrected chi connectivity index (χ2v) is 4.44. The molecule has 19 heavy (non-hydrogen) atoms. The van der Waals surface area contributed by atoms with Crippen LogP contribution in [0.15, 0.2) is 12.4 Å². The molecule has 0 aromatic carbocycles. The molecule has 0 saturated heterocycles. The van der Waals surface area contributed by atoms with Crippen LogP contribution in [0.1, 0.15) is 25.6 Å². The lowest BCUT2D eigenvalue weighted by Gasteiger charge is -2.21. The van der Waals surface area contributed by atoms with Gasteiger partial charge in [-0.15, -0.1) is 0 Å². The minimum absolute atomic E-state index is 0.327. The molecule has 2 N–H and O–H groups in total. The van der Waals surface area contributed by atoms with Crippen molar-refractivity contribution < 1.29 is 14.7 Å². The largest absolute Gasteiger partial charge is 0.480 e. The lowest BCUT2D eigenvalue weighted by Crippen LogP contribution is -2.46. The highest BCUT2D eigenvalue weighted by atomic mass is 16.4. The molecule has 1 aromatic heterocycles. The van der Waals surface area contributed by atoms with Crippen LogP contribution in [0.5, 0.6) is 0 Å². The average molecular weight is 268 g/mol. The Morgan fingerprint density at radius 3 is 2.74 bits per heavy atom. The van der Waals surface area contributed by atoms with E-state index in [4.69, 9.17) is 5.11 Å². The van der Waals surface area contributed by atoms with E-state index in [0.29, 0.717) is 19.4 Å². The second kappa shape index (κ2) is 6.77. The molecule has 1 rings (SSSR count). The molecule has 0 radical (unpaired) electrons. The van der Waals surface area contributed by atoms with Crippen molar-refractivity contribution in [3.05, 3.63) is 18.2 Å². The summed E-state index contributed by atoms with van der Waals surface area (Å²) in [5.74, 6) is -0.277. The summed E-state index contributed by atoms with van der Waals surface area (Å²) in [7, 11) is 3.44. The number of hydrogen-bond donors (Lipinski definition) is 2. The molecule has 1 aromatic rings. The molecule has 0 aliphatic heterocycles. The summed E-state index contributed by atoms with van der Waals surface area (Å²) < 4.78 is 1.81. The van der Waals surface area contributed by atoms with E-state index in [1.165, 1.54) is 4.90 Å². The Hall–Kier alpha value is -2.05. The molecule has 0 bridgehead atoms. The van der Waals surface area contributed by atoms with E-state index in [9.17, 15) is 9.59 Å². The molecular formula is C12H20N4O3. The van der Waals surface area contributed by atoms with Gasteiger partial charge in [-0.3, -0.25) is 0 Å².